The van der Waals surface area contributed by atoms with Crippen LogP contribution in [0.2, 0.25) is 0 Å². The molecule has 1 aliphatic rings. The Kier molecular flexibility index (Phi) is 5.65. The lowest BCUT2D eigenvalue weighted by atomic mass is 10.0. The third kappa shape index (κ3) is 4.57. The number of nitrogens with zero attached hydrogens (tertiary/aromatic N) is 4. The number of nitrogens with two attached hydrogens (primary N) is 1. The summed E-state index contributed by atoms with van der Waals surface area (Å²) >= 11 is 0. The SMILES string of the molecule is CCOc1ccccc1Nc1nc(N)nc(CN2CCCCC2C)n1. The highest BCUT2D eigenvalue weighted by atomic mass is 16.5. The van der Waals surface area contributed by atoms with E-state index in [2.05, 4.69) is 32.1 Å². The number of hydrogen-bond donors (Lipinski definition) is 2. The van der Waals surface area contributed by atoms with E-state index in [9.17, 15) is 0 Å². The Hall–Kier alpha value is -2.41. The van der Waals surface area contributed by atoms with E-state index in [0.29, 0.717) is 31.0 Å². The Bertz CT molecular complexity index is 708. The molecule has 1 saturated heterocycles. The number of piperidine rings is 1. The lowest BCUT2D eigenvalue weighted by Crippen LogP contribution is -2.37. The monoisotopic (exact) mass is 342 g/mol. The van der Waals surface area contributed by atoms with Crippen molar-refractivity contribution in [2.24, 2.45) is 0 Å². The van der Waals surface area contributed by atoms with E-state index >= 15 is 0 Å². The van der Waals surface area contributed by atoms with Crippen LogP contribution in [0.1, 0.15) is 38.9 Å². The van der Waals surface area contributed by atoms with Crippen LogP contribution < -0.4 is 15.8 Å². The molecular formula is C18H26N6O. The summed E-state index contributed by atoms with van der Waals surface area (Å²) in [6.45, 7) is 6.56. The second kappa shape index (κ2) is 8.11. The predicted octanol–water partition coefficient (Wildman–Crippen LogP) is 2.97. The highest BCUT2D eigenvalue weighted by Crippen LogP contribution is 2.26. The summed E-state index contributed by atoms with van der Waals surface area (Å²) in [4.78, 5) is 15.5. The van der Waals surface area contributed by atoms with Gasteiger partial charge >= 0.3 is 0 Å². The van der Waals surface area contributed by atoms with Crippen LogP contribution in [-0.4, -0.2) is 39.0 Å². The molecule has 1 aromatic heterocycles. The fraction of sp³-hybridized carbons (Fsp3) is 0.500. The van der Waals surface area contributed by atoms with Crippen molar-refractivity contribution in [3.63, 3.8) is 0 Å². The molecule has 0 bridgehead atoms. The number of likely N-dealkylation sites (tertiary alicyclic amines) is 1. The molecule has 1 fully saturated rings. The van der Waals surface area contributed by atoms with E-state index in [1.807, 2.05) is 31.2 Å². The zero-order chi connectivity index (χ0) is 17.6. The summed E-state index contributed by atoms with van der Waals surface area (Å²) in [5.74, 6) is 2.12. The predicted molar refractivity (Wildman–Crippen MR) is 98.9 cm³/mol. The number of rotatable bonds is 6. The number of nitrogen functional groups attached to an aromatic ring is 1. The maximum atomic E-state index is 5.90. The summed E-state index contributed by atoms with van der Waals surface area (Å²) in [5.41, 5.74) is 6.71. The molecule has 7 heteroatoms. The van der Waals surface area contributed by atoms with Crippen LogP contribution in [0.4, 0.5) is 17.6 Å². The minimum Gasteiger partial charge on any atom is -0.492 e. The number of anilines is 3. The molecule has 2 aromatic rings. The number of ether oxygens (including phenoxy) is 1. The molecule has 0 radical (unpaired) electrons. The molecule has 7 nitrogen and oxygen atoms in total. The summed E-state index contributed by atoms with van der Waals surface area (Å²) in [5, 5.41) is 3.20. The van der Waals surface area contributed by atoms with Crippen LogP contribution in [-0.2, 0) is 6.54 Å². The molecule has 2 heterocycles. The van der Waals surface area contributed by atoms with Crippen LogP contribution in [0, 0.1) is 0 Å². The van der Waals surface area contributed by atoms with Crippen molar-refractivity contribution >= 4 is 17.6 Å². The standard InChI is InChI=1S/C18H26N6O/c1-3-25-15-10-5-4-9-14(15)20-18-22-16(21-17(19)23-18)12-24-11-7-6-8-13(24)2/h4-5,9-10,13H,3,6-8,11-12H2,1-2H3,(H3,19,20,21,22,23). The molecule has 1 atom stereocenters. The average Bonchev–Trinajstić information content (AvgIpc) is 2.58. The van der Waals surface area contributed by atoms with Gasteiger partial charge in [0.1, 0.15) is 11.6 Å². The first kappa shape index (κ1) is 17.4. The van der Waals surface area contributed by atoms with Gasteiger partial charge in [-0.25, -0.2) is 0 Å². The van der Waals surface area contributed by atoms with Gasteiger partial charge in [0.25, 0.3) is 0 Å². The summed E-state index contributed by atoms with van der Waals surface area (Å²) in [6.07, 6.45) is 3.73. The maximum Gasteiger partial charge on any atom is 0.232 e. The third-order valence-electron chi connectivity index (χ3n) is 4.42. The third-order valence-corrected chi connectivity index (χ3v) is 4.42. The number of para-hydroxylation sites is 2. The molecule has 0 spiro atoms. The van der Waals surface area contributed by atoms with Crippen LogP contribution in [0.25, 0.3) is 0 Å². The van der Waals surface area contributed by atoms with E-state index in [1.165, 1.54) is 19.3 Å². The molecule has 0 aliphatic carbocycles. The smallest absolute Gasteiger partial charge is 0.232 e. The van der Waals surface area contributed by atoms with Gasteiger partial charge in [0, 0.05) is 6.04 Å². The molecule has 0 amide bonds. The lowest BCUT2D eigenvalue weighted by Gasteiger charge is -2.32. The van der Waals surface area contributed by atoms with Crippen molar-refractivity contribution in [1.29, 1.82) is 0 Å². The topological polar surface area (TPSA) is 89.2 Å². The van der Waals surface area contributed by atoms with Crippen LogP contribution in [0.15, 0.2) is 24.3 Å². The zero-order valence-corrected chi connectivity index (χ0v) is 14.9. The fourth-order valence-corrected chi connectivity index (χ4v) is 3.11. The van der Waals surface area contributed by atoms with Crippen molar-refractivity contribution in [2.75, 3.05) is 24.2 Å². The lowest BCUT2D eigenvalue weighted by molar-refractivity contribution is 0.149. The Balaban J connectivity index is 1.77. The van der Waals surface area contributed by atoms with Gasteiger partial charge in [0.15, 0.2) is 0 Å². The van der Waals surface area contributed by atoms with Crippen molar-refractivity contribution < 1.29 is 4.74 Å². The van der Waals surface area contributed by atoms with Crippen LogP contribution in [0.5, 0.6) is 5.75 Å². The largest absolute Gasteiger partial charge is 0.492 e. The van der Waals surface area contributed by atoms with E-state index in [0.717, 1.165) is 18.0 Å². The second-order valence-corrected chi connectivity index (χ2v) is 6.30. The van der Waals surface area contributed by atoms with Crippen molar-refractivity contribution in [3.8, 4) is 5.75 Å². The normalized spacial score (nSPS) is 18.1. The second-order valence-electron chi connectivity index (χ2n) is 6.30. The van der Waals surface area contributed by atoms with Crippen molar-refractivity contribution in [1.82, 2.24) is 19.9 Å². The minimum absolute atomic E-state index is 0.228. The van der Waals surface area contributed by atoms with Crippen molar-refractivity contribution in [2.45, 2.75) is 45.7 Å². The first-order chi connectivity index (χ1) is 12.2. The average molecular weight is 342 g/mol. The van der Waals surface area contributed by atoms with Crippen LogP contribution >= 0.6 is 0 Å². The van der Waals surface area contributed by atoms with E-state index in [1.54, 1.807) is 0 Å². The zero-order valence-electron chi connectivity index (χ0n) is 14.9. The summed E-state index contributed by atoms with van der Waals surface area (Å²) < 4.78 is 5.63. The fourth-order valence-electron chi connectivity index (χ4n) is 3.11. The Morgan fingerprint density at radius 1 is 1.24 bits per heavy atom. The quantitative estimate of drug-likeness (QED) is 0.834. The Morgan fingerprint density at radius 3 is 2.88 bits per heavy atom. The number of hydrogen-bond acceptors (Lipinski definition) is 7. The molecule has 3 rings (SSSR count). The molecule has 134 valence electrons. The molecule has 1 unspecified atom stereocenters. The summed E-state index contributed by atoms with van der Waals surface area (Å²) in [6, 6.07) is 8.25. The van der Waals surface area contributed by atoms with Gasteiger partial charge in [-0.1, -0.05) is 18.6 Å². The van der Waals surface area contributed by atoms with E-state index in [-0.39, 0.29) is 5.95 Å². The maximum absolute atomic E-state index is 5.90. The molecule has 1 aromatic carbocycles. The first-order valence-electron chi connectivity index (χ1n) is 8.89. The van der Waals surface area contributed by atoms with Gasteiger partial charge in [-0.2, -0.15) is 15.0 Å². The Morgan fingerprint density at radius 2 is 2.08 bits per heavy atom. The molecule has 25 heavy (non-hydrogen) atoms. The van der Waals surface area contributed by atoms with Gasteiger partial charge in [-0.05, 0) is 45.4 Å². The van der Waals surface area contributed by atoms with Crippen molar-refractivity contribution in [3.05, 3.63) is 30.1 Å². The van der Waals surface area contributed by atoms with Gasteiger partial charge in [-0.3, -0.25) is 4.90 Å². The summed E-state index contributed by atoms with van der Waals surface area (Å²) in [7, 11) is 0. The highest BCUT2D eigenvalue weighted by Gasteiger charge is 2.20. The number of benzene rings is 1. The number of nitrogens with one attached hydrogen (secondary N) is 1. The van der Waals surface area contributed by atoms with Gasteiger partial charge in [0.05, 0.1) is 18.8 Å². The van der Waals surface area contributed by atoms with E-state index < -0.39 is 0 Å². The van der Waals surface area contributed by atoms with Gasteiger partial charge in [0.2, 0.25) is 11.9 Å². The number of aromatic nitrogens is 3. The molecule has 3 N–H and O–H groups in total. The first-order valence-corrected chi connectivity index (χ1v) is 8.89. The minimum atomic E-state index is 0.228. The highest BCUT2D eigenvalue weighted by molar-refractivity contribution is 5.62. The van der Waals surface area contributed by atoms with Crippen LogP contribution in [0.3, 0.4) is 0 Å². The van der Waals surface area contributed by atoms with E-state index in [4.69, 9.17) is 10.5 Å². The molecular weight excluding hydrogens is 316 g/mol. The molecule has 0 saturated carbocycles. The van der Waals surface area contributed by atoms with Gasteiger partial charge < -0.3 is 15.8 Å². The van der Waals surface area contributed by atoms with Gasteiger partial charge in [-0.15, -0.1) is 0 Å². The molecule has 1 aliphatic heterocycles. The Labute approximate surface area is 148 Å².